The van der Waals surface area contributed by atoms with Crippen LogP contribution in [0.1, 0.15) is 25.3 Å². The molecular formula is C13H17NO2. The summed E-state index contributed by atoms with van der Waals surface area (Å²) in [7, 11) is 1.44. The maximum Gasteiger partial charge on any atom is 0.330 e. The Kier molecular flexibility index (Phi) is 2.86. The van der Waals surface area contributed by atoms with Crippen LogP contribution in [0, 0.1) is 0 Å². The van der Waals surface area contributed by atoms with Gasteiger partial charge in [0.15, 0.2) is 0 Å². The number of hydrogen-bond acceptors (Lipinski definition) is 3. The minimum absolute atomic E-state index is 0.0788. The second kappa shape index (κ2) is 4.16. The average molecular weight is 219 g/mol. The van der Waals surface area contributed by atoms with Gasteiger partial charge in [-0.05, 0) is 17.5 Å². The van der Waals surface area contributed by atoms with E-state index in [0.717, 1.165) is 12.2 Å². The van der Waals surface area contributed by atoms with E-state index in [4.69, 9.17) is 4.74 Å². The van der Waals surface area contributed by atoms with Crippen molar-refractivity contribution in [1.82, 2.24) is 0 Å². The Bertz CT molecular complexity index is 401. The van der Waals surface area contributed by atoms with Crippen LogP contribution >= 0.6 is 0 Å². The van der Waals surface area contributed by atoms with Crippen molar-refractivity contribution in [2.75, 3.05) is 18.6 Å². The van der Waals surface area contributed by atoms with E-state index >= 15 is 0 Å². The van der Waals surface area contributed by atoms with Gasteiger partial charge in [0.05, 0.1) is 13.7 Å². The summed E-state index contributed by atoms with van der Waals surface area (Å²) >= 11 is 0. The van der Waals surface area contributed by atoms with Crippen LogP contribution in [0.3, 0.4) is 0 Å². The topological polar surface area (TPSA) is 29.3 Å². The molecule has 0 N–H and O–H groups in total. The third-order valence-electron chi connectivity index (χ3n) is 2.95. The Labute approximate surface area is 96.0 Å². The first kappa shape index (κ1) is 11.0. The Balaban J connectivity index is 2.20. The van der Waals surface area contributed by atoms with E-state index in [1.54, 1.807) is 0 Å². The molecule has 1 heterocycles. The number of ether oxygens (including phenoxy) is 1. The molecule has 1 saturated heterocycles. The Hall–Kier alpha value is -1.51. The highest BCUT2D eigenvalue weighted by Gasteiger charge is 2.42. The fourth-order valence-electron chi connectivity index (χ4n) is 1.98. The predicted octanol–water partition coefficient (Wildman–Crippen LogP) is 2.17. The van der Waals surface area contributed by atoms with Gasteiger partial charge in [-0.25, -0.2) is 4.79 Å². The lowest BCUT2D eigenvalue weighted by Gasteiger charge is -2.14. The zero-order valence-corrected chi connectivity index (χ0v) is 9.93. The predicted molar refractivity (Wildman–Crippen MR) is 63.7 cm³/mol. The maximum atomic E-state index is 11.4. The Morgan fingerprint density at radius 1 is 1.44 bits per heavy atom. The number of esters is 1. The first-order chi connectivity index (χ1) is 7.65. The molecule has 3 nitrogen and oxygen atoms in total. The van der Waals surface area contributed by atoms with Gasteiger partial charge in [-0.15, -0.1) is 0 Å². The summed E-state index contributed by atoms with van der Waals surface area (Å²) in [6.07, 6.45) is 0. The molecule has 1 unspecified atom stereocenters. The fraction of sp³-hybridized carbons (Fsp3) is 0.462. The molecule has 86 valence electrons. The minimum Gasteiger partial charge on any atom is -0.467 e. The number of carbonyl (C=O) groups is 1. The summed E-state index contributed by atoms with van der Waals surface area (Å²) in [5.74, 6) is 0.327. The third kappa shape index (κ3) is 1.90. The van der Waals surface area contributed by atoms with Gasteiger partial charge in [0.25, 0.3) is 0 Å². The summed E-state index contributed by atoms with van der Waals surface area (Å²) in [5, 5.41) is 0. The molecule has 0 spiro atoms. The van der Waals surface area contributed by atoms with Gasteiger partial charge in [-0.2, -0.15) is 0 Å². The summed E-state index contributed by atoms with van der Waals surface area (Å²) in [4.78, 5) is 13.5. The van der Waals surface area contributed by atoms with Crippen LogP contribution in [0.5, 0.6) is 0 Å². The molecule has 0 amide bonds. The highest BCUT2D eigenvalue weighted by atomic mass is 16.5. The monoisotopic (exact) mass is 219 g/mol. The molecule has 0 radical (unpaired) electrons. The van der Waals surface area contributed by atoms with Crippen molar-refractivity contribution in [3.63, 3.8) is 0 Å². The summed E-state index contributed by atoms with van der Waals surface area (Å²) < 4.78 is 4.75. The van der Waals surface area contributed by atoms with Crippen molar-refractivity contribution in [2.24, 2.45) is 0 Å². The highest BCUT2D eigenvalue weighted by molar-refractivity contribution is 5.87. The first-order valence-electron chi connectivity index (χ1n) is 5.58. The largest absolute Gasteiger partial charge is 0.467 e. The van der Waals surface area contributed by atoms with E-state index in [-0.39, 0.29) is 12.0 Å². The zero-order chi connectivity index (χ0) is 11.7. The van der Waals surface area contributed by atoms with Crippen LogP contribution in [0.15, 0.2) is 24.3 Å². The number of methoxy groups -OCH3 is 1. The zero-order valence-electron chi connectivity index (χ0n) is 9.93. The summed E-state index contributed by atoms with van der Waals surface area (Å²) in [6, 6.07) is 8.15. The van der Waals surface area contributed by atoms with E-state index in [1.807, 2.05) is 12.1 Å². The van der Waals surface area contributed by atoms with Crippen molar-refractivity contribution in [1.29, 1.82) is 0 Å². The van der Waals surface area contributed by atoms with Crippen LogP contribution in [0.25, 0.3) is 0 Å². The van der Waals surface area contributed by atoms with Crippen molar-refractivity contribution >= 4 is 11.7 Å². The van der Waals surface area contributed by atoms with Gasteiger partial charge in [0.2, 0.25) is 0 Å². The van der Waals surface area contributed by atoms with Crippen LogP contribution in [-0.4, -0.2) is 25.7 Å². The van der Waals surface area contributed by atoms with Gasteiger partial charge >= 0.3 is 5.97 Å². The maximum absolute atomic E-state index is 11.4. The second-order valence-corrected chi connectivity index (χ2v) is 4.40. The molecule has 16 heavy (non-hydrogen) atoms. The van der Waals surface area contributed by atoms with Crippen LogP contribution in [0.4, 0.5) is 5.69 Å². The van der Waals surface area contributed by atoms with Gasteiger partial charge in [0, 0.05) is 5.69 Å². The van der Waals surface area contributed by atoms with E-state index in [9.17, 15) is 4.79 Å². The molecule has 2 rings (SSSR count). The standard InChI is InChI=1S/C13H17NO2/c1-9(2)10-6-4-5-7-11(10)14-8-12(14)13(15)16-3/h4-7,9,12H,8H2,1-3H3. The normalized spacial score (nSPS) is 18.8. The van der Waals surface area contributed by atoms with Gasteiger partial charge in [0.1, 0.15) is 6.04 Å². The molecule has 0 saturated carbocycles. The smallest absolute Gasteiger partial charge is 0.330 e. The minimum atomic E-state index is -0.140. The Morgan fingerprint density at radius 3 is 2.75 bits per heavy atom. The van der Waals surface area contributed by atoms with Gasteiger partial charge in [-0.3, -0.25) is 0 Å². The summed E-state index contributed by atoms with van der Waals surface area (Å²) in [6.45, 7) is 5.10. The molecule has 0 aromatic heterocycles. The van der Waals surface area contributed by atoms with E-state index in [1.165, 1.54) is 12.7 Å². The van der Waals surface area contributed by atoms with Gasteiger partial charge < -0.3 is 9.64 Å². The number of para-hydroxylation sites is 1. The van der Waals surface area contributed by atoms with Crippen molar-refractivity contribution in [3.8, 4) is 0 Å². The van der Waals surface area contributed by atoms with Crippen molar-refractivity contribution < 1.29 is 9.53 Å². The summed E-state index contributed by atoms with van der Waals surface area (Å²) in [5.41, 5.74) is 2.45. The van der Waals surface area contributed by atoms with E-state index in [0.29, 0.717) is 5.92 Å². The van der Waals surface area contributed by atoms with Crippen LogP contribution in [-0.2, 0) is 9.53 Å². The molecule has 1 atom stereocenters. The molecule has 1 aliphatic heterocycles. The van der Waals surface area contributed by atoms with E-state index < -0.39 is 0 Å². The number of anilines is 1. The molecule has 1 aromatic carbocycles. The average Bonchev–Trinajstić information content (AvgIpc) is 3.08. The van der Waals surface area contributed by atoms with Gasteiger partial charge in [-0.1, -0.05) is 32.0 Å². The quantitative estimate of drug-likeness (QED) is 0.576. The fourth-order valence-corrected chi connectivity index (χ4v) is 1.98. The molecule has 1 aromatic rings. The Morgan fingerprint density at radius 2 is 2.12 bits per heavy atom. The highest BCUT2D eigenvalue weighted by Crippen LogP contribution is 2.34. The molecule has 3 heteroatoms. The van der Waals surface area contributed by atoms with E-state index in [2.05, 4.69) is 30.9 Å². The lowest BCUT2D eigenvalue weighted by Crippen LogP contribution is -2.14. The van der Waals surface area contributed by atoms with Crippen molar-refractivity contribution in [2.45, 2.75) is 25.8 Å². The van der Waals surface area contributed by atoms with Crippen molar-refractivity contribution in [3.05, 3.63) is 29.8 Å². The lowest BCUT2D eigenvalue weighted by atomic mass is 10.0. The molecule has 0 bridgehead atoms. The third-order valence-corrected chi connectivity index (χ3v) is 2.95. The SMILES string of the molecule is COC(=O)C1CN1c1ccccc1C(C)C. The molecule has 1 fully saturated rings. The number of carbonyl (C=O) groups excluding carboxylic acids is 1. The number of benzene rings is 1. The van der Waals surface area contributed by atoms with Crippen LogP contribution in [0.2, 0.25) is 0 Å². The van der Waals surface area contributed by atoms with Crippen LogP contribution < -0.4 is 4.90 Å². The molecule has 1 aliphatic rings. The number of nitrogens with zero attached hydrogens (tertiary/aromatic N) is 1. The molecular weight excluding hydrogens is 202 g/mol. The lowest BCUT2D eigenvalue weighted by molar-refractivity contribution is -0.139. The second-order valence-electron chi connectivity index (χ2n) is 4.40. The number of hydrogen-bond donors (Lipinski definition) is 0. The molecule has 0 aliphatic carbocycles. The first-order valence-corrected chi connectivity index (χ1v) is 5.58. The number of rotatable bonds is 3.